The van der Waals surface area contributed by atoms with Gasteiger partial charge in [-0.3, -0.25) is 0 Å². The van der Waals surface area contributed by atoms with Crippen LogP contribution in [0, 0.1) is 5.82 Å². The van der Waals surface area contributed by atoms with Crippen LogP contribution in [-0.4, -0.2) is 56.2 Å². The highest BCUT2D eigenvalue weighted by molar-refractivity contribution is 6.00. The first kappa shape index (κ1) is 17.9. The minimum Gasteiger partial charge on any atom is -0.370 e. The summed E-state index contributed by atoms with van der Waals surface area (Å²) in [7, 11) is 4.26. The average Bonchev–Trinajstić information content (AvgIpc) is 2.62. The molecule has 0 unspecified atom stereocenters. The van der Waals surface area contributed by atoms with Crippen molar-refractivity contribution in [3.8, 4) is 0 Å². The molecule has 4 nitrogen and oxygen atoms in total. The molecular formula is C20H29FN4. The summed E-state index contributed by atoms with van der Waals surface area (Å²) in [5.74, 6) is 0.684. The first-order chi connectivity index (χ1) is 12.0. The van der Waals surface area contributed by atoms with Crippen LogP contribution >= 0.6 is 0 Å². The molecule has 0 spiro atoms. The van der Waals surface area contributed by atoms with E-state index in [2.05, 4.69) is 42.6 Å². The van der Waals surface area contributed by atoms with E-state index in [1.165, 1.54) is 0 Å². The molecule has 1 fully saturated rings. The summed E-state index contributed by atoms with van der Waals surface area (Å²) in [4.78, 5) is 11.6. The molecule has 0 atom stereocenters. The van der Waals surface area contributed by atoms with Gasteiger partial charge in [-0.05, 0) is 65.0 Å². The zero-order valence-electron chi connectivity index (χ0n) is 15.8. The van der Waals surface area contributed by atoms with Crippen molar-refractivity contribution in [1.82, 2.24) is 9.88 Å². The van der Waals surface area contributed by atoms with Crippen molar-refractivity contribution in [3.63, 3.8) is 0 Å². The van der Waals surface area contributed by atoms with Gasteiger partial charge in [-0.15, -0.1) is 0 Å². The largest absolute Gasteiger partial charge is 0.370 e. The molecule has 0 N–H and O–H groups in total. The van der Waals surface area contributed by atoms with Crippen molar-refractivity contribution in [2.45, 2.75) is 32.7 Å². The topological polar surface area (TPSA) is 22.6 Å². The Kier molecular flexibility index (Phi) is 5.42. The van der Waals surface area contributed by atoms with Crippen molar-refractivity contribution in [1.29, 1.82) is 0 Å². The van der Waals surface area contributed by atoms with E-state index in [0.717, 1.165) is 61.3 Å². The van der Waals surface area contributed by atoms with Crippen LogP contribution in [-0.2, 0) is 0 Å². The third-order valence-corrected chi connectivity index (χ3v) is 5.48. The predicted molar refractivity (Wildman–Crippen MR) is 104 cm³/mol. The van der Waals surface area contributed by atoms with Crippen LogP contribution in [0.15, 0.2) is 24.4 Å². The number of piperidine rings is 1. The lowest BCUT2D eigenvalue weighted by molar-refractivity contribution is 0.252. The maximum absolute atomic E-state index is 14.0. The number of hydrogen-bond donors (Lipinski definition) is 0. The number of halogens is 1. The second kappa shape index (κ2) is 7.56. The molecule has 1 aromatic heterocycles. The molecule has 0 saturated carbocycles. The van der Waals surface area contributed by atoms with E-state index < -0.39 is 0 Å². The summed E-state index contributed by atoms with van der Waals surface area (Å²) in [5, 5.41) is 1.99. The standard InChI is InChI=1S/C20H29FN4/c1-5-25(6-2)19-14-22-20(18-13-15(21)7-8-17(18)19)24(4)16-9-11-23(3)12-10-16/h7-8,13-14,16H,5-6,9-12H2,1-4H3. The lowest BCUT2D eigenvalue weighted by Gasteiger charge is -2.36. The number of aromatic nitrogens is 1. The number of nitrogens with zero attached hydrogens (tertiary/aromatic N) is 4. The van der Waals surface area contributed by atoms with E-state index in [9.17, 15) is 4.39 Å². The Morgan fingerprint density at radius 3 is 2.48 bits per heavy atom. The van der Waals surface area contributed by atoms with Crippen molar-refractivity contribution >= 4 is 22.3 Å². The van der Waals surface area contributed by atoms with E-state index in [4.69, 9.17) is 4.98 Å². The quantitative estimate of drug-likeness (QED) is 0.824. The first-order valence-electron chi connectivity index (χ1n) is 9.29. The van der Waals surface area contributed by atoms with Crippen molar-refractivity contribution in [2.75, 3.05) is 50.1 Å². The Bertz CT molecular complexity index is 721. The molecule has 1 aromatic carbocycles. The molecule has 0 bridgehead atoms. The second-order valence-electron chi connectivity index (χ2n) is 6.97. The fourth-order valence-corrected chi connectivity index (χ4v) is 3.84. The molecular weight excluding hydrogens is 315 g/mol. The van der Waals surface area contributed by atoms with Gasteiger partial charge in [0.1, 0.15) is 11.6 Å². The number of anilines is 2. The van der Waals surface area contributed by atoms with Crippen LogP contribution in [0.25, 0.3) is 10.8 Å². The minimum absolute atomic E-state index is 0.205. The van der Waals surface area contributed by atoms with Gasteiger partial charge in [0.25, 0.3) is 0 Å². The summed E-state index contributed by atoms with van der Waals surface area (Å²) < 4.78 is 14.0. The molecule has 5 heteroatoms. The summed E-state index contributed by atoms with van der Waals surface area (Å²) >= 11 is 0. The third-order valence-electron chi connectivity index (χ3n) is 5.48. The van der Waals surface area contributed by atoms with E-state index in [1.807, 2.05) is 12.3 Å². The molecule has 1 saturated heterocycles. The average molecular weight is 344 g/mol. The smallest absolute Gasteiger partial charge is 0.136 e. The number of likely N-dealkylation sites (tertiary alicyclic amines) is 1. The number of fused-ring (bicyclic) bond motifs is 1. The second-order valence-corrected chi connectivity index (χ2v) is 6.97. The van der Waals surface area contributed by atoms with Gasteiger partial charge in [0.2, 0.25) is 0 Å². The van der Waals surface area contributed by atoms with Gasteiger partial charge >= 0.3 is 0 Å². The molecule has 1 aliphatic rings. The van der Waals surface area contributed by atoms with E-state index in [1.54, 1.807) is 12.1 Å². The molecule has 0 amide bonds. The molecule has 1 aliphatic heterocycles. The van der Waals surface area contributed by atoms with Crippen LogP contribution in [0.5, 0.6) is 0 Å². The molecule has 0 aliphatic carbocycles. The fraction of sp³-hybridized carbons (Fsp3) is 0.550. The van der Waals surface area contributed by atoms with Crippen LogP contribution < -0.4 is 9.80 Å². The monoisotopic (exact) mass is 344 g/mol. The summed E-state index contributed by atoms with van der Waals surface area (Å²) in [5.41, 5.74) is 1.08. The molecule has 3 rings (SSSR count). The number of hydrogen-bond acceptors (Lipinski definition) is 4. The lowest BCUT2D eigenvalue weighted by atomic mass is 10.0. The fourth-order valence-electron chi connectivity index (χ4n) is 3.84. The maximum Gasteiger partial charge on any atom is 0.136 e. The zero-order valence-corrected chi connectivity index (χ0v) is 15.8. The van der Waals surface area contributed by atoms with Crippen LogP contribution in [0.2, 0.25) is 0 Å². The predicted octanol–water partition coefficient (Wildman–Crippen LogP) is 3.75. The molecule has 2 heterocycles. The SMILES string of the molecule is CCN(CC)c1cnc(N(C)C2CCN(C)CC2)c2cc(F)ccc12. The minimum atomic E-state index is -0.205. The van der Waals surface area contributed by atoms with Gasteiger partial charge < -0.3 is 14.7 Å². The zero-order chi connectivity index (χ0) is 18.0. The van der Waals surface area contributed by atoms with Gasteiger partial charge in [-0.2, -0.15) is 0 Å². The molecule has 2 aromatic rings. The van der Waals surface area contributed by atoms with Crippen molar-refractivity contribution in [3.05, 3.63) is 30.2 Å². The summed E-state index contributed by atoms with van der Waals surface area (Å²) in [6.07, 6.45) is 4.18. The molecule has 136 valence electrons. The Hall–Kier alpha value is -1.88. The highest BCUT2D eigenvalue weighted by Crippen LogP contribution is 2.34. The van der Waals surface area contributed by atoms with Gasteiger partial charge in [-0.1, -0.05) is 0 Å². The normalized spacial score (nSPS) is 16.4. The van der Waals surface area contributed by atoms with Crippen LogP contribution in [0.1, 0.15) is 26.7 Å². The number of pyridine rings is 1. The van der Waals surface area contributed by atoms with Crippen LogP contribution in [0.4, 0.5) is 15.9 Å². The number of rotatable bonds is 5. The van der Waals surface area contributed by atoms with Gasteiger partial charge in [0.05, 0.1) is 11.9 Å². The van der Waals surface area contributed by atoms with Crippen molar-refractivity contribution < 1.29 is 4.39 Å². The highest BCUT2D eigenvalue weighted by Gasteiger charge is 2.23. The highest BCUT2D eigenvalue weighted by atomic mass is 19.1. The maximum atomic E-state index is 14.0. The van der Waals surface area contributed by atoms with Crippen molar-refractivity contribution in [2.24, 2.45) is 0 Å². The Labute approximate surface area is 150 Å². The van der Waals surface area contributed by atoms with Crippen LogP contribution in [0.3, 0.4) is 0 Å². The van der Waals surface area contributed by atoms with Gasteiger partial charge in [0.15, 0.2) is 0 Å². The first-order valence-corrected chi connectivity index (χ1v) is 9.29. The third kappa shape index (κ3) is 3.56. The Morgan fingerprint density at radius 2 is 1.84 bits per heavy atom. The summed E-state index contributed by atoms with van der Waals surface area (Å²) in [6.45, 7) is 8.29. The molecule has 0 radical (unpaired) electrons. The lowest BCUT2D eigenvalue weighted by Crippen LogP contribution is -2.42. The summed E-state index contributed by atoms with van der Waals surface area (Å²) in [6, 6.07) is 5.53. The Morgan fingerprint density at radius 1 is 1.16 bits per heavy atom. The Balaban J connectivity index is 2.04. The van der Waals surface area contributed by atoms with E-state index in [0.29, 0.717) is 6.04 Å². The van der Waals surface area contributed by atoms with E-state index >= 15 is 0 Å². The molecule has 25 heavy (non-hydrogen) atoms. The van der Waals surface area contributed by atoms with Gasteiger partial charge in [0, 0.05) is 37.0 Å². The number of benzene rings is 1. The van der Waals surface area contributed by atoms with Gasteiger partial charge in [-0.25, -0.2) is 9.37 Å². The van der Waals surface area contributed by atoms with E-state index in [-0.39, 0.29) is 5.82 Å².